The van der Waals surface area contributed by atoms with Gasteiger partial charge in [0.15, 0.2) is 0 Å². The van der Waals surface area contributed by atoms with Crippen LogP contribution in [0.5, 0.6) is 0 Å². The first-order chi connectivity index (χ1) is 10.1. The Morgan fingerprint density at radius 1 is 1.19 bits per heavy atom. The van der Waals surface area contributed by atoms with Gasteiger partial charge in [0.25, 0.3) is 0 Å². The van der Waals surface area contributed by atoms with Crippen molar-refractivity contribution in [2.24, 2.45) is 0 Å². The summed E-state index contributed by atoms with van der Waals surface area (Å²) in [6.07, 6.45) is 2.06. The average molecular weight is 300 g/mol. The van der Waals surface area contributed by atoms with Crippen molar-refractivity contribution in [3.63, 3.8) is 0 Å². The van der Waals surface area contributed by atoms with E-state index in [0.717, 1.165) is 27.8 Å². The molecule has 0 saturated carbocycles. The number of thiophene rings is 1. The summed E-state index contributed by atoms with van der Waals surface area (Å²) >= 11 is 1.05. The Hall–Kier alpha value is -2.60. The average Bonchev–Trinajstić information content (AvgIpc) is 3.07. The minimum atomic E-state index is -0.989. The van der Waals surface area contributed by atoms with Crippen LogP contribution in [0.2, 0.25) is 0 Å². The number of amides is 1. The van der Waals surface area contributed by atoms with Crippen molar-refractivity contribution >= 4 is 39.1 Å². The number of fused-ring (bicyclic) bond motifs is 1. The number of benzene rings is 1. The molecule has 0 fully saturated rings. The number of hydrogen-bond acceptors (Lipinski definition) is 3. The summed E-state index contributed by atoms with van der Waals surface area (Å²) < 4.78 is 0. The van der Waals surface area contributed by atoms with E-state index in [1.807, 2.05) is 30.5 Å². The molecule has 2 heterocycles. The Labute approximate surface area is 124 Å². The lowest BCUT2D eigenvalue weighted by atomic mass is 10.1. The Morgan fingerprint density at radius 2 is 2.00 bits per heavy atom. The predicted octanol–water partition coefficient (Wildman–Crippen LogP) is 3.11. The highest BCUT2D eigenvalue weighted by molar-refractivity contribution is 7.18. The van der Waals surface area contributed by atoms with Crippen LogP contribution < -0.4 is 5.32 Å². The normalized spacial score (nSPS) is 10.7. The fourth-order valence-electron chi connectivity index (χ4n) is 2.15. The van der Waals surface area contributed by atoms with Gasteiger partial charge in [-0.05, 0) is 23.8 Å². The van der Waals surface area contributed by atoms with Gasteiger partial charge in [-0.1, -0.05) is 18.2 Å². The van der Waals surface area contributed by atoms with Gasteiger partial charge in [0.2, 0.25) is 5.91 Å². The van der Waals surface area contributed by atoms with E-state index < -0.39 is 5.97 Å². The molecule has 106 valence electrons. The summed E-state index contributed by atoms with van der Waals surface area (Å²) in [6.45, 7) is 0. The zero-order chi connectivity index (χ0) is 14.8. The quantitative estimate of drug-likeness (QED) is 0.692. The standard InChI is InChI=1S/C15H12N2O3S/c18-13(17-14-6-5-12(21-14)15(19)20)7-9-8-16-11-4-2-1-3-10(9)11/h1-6,8,16H,7H2,(H,17,18)(H,19,20). The highest BCUT2D eigenvalue weighted by Gasteiger charge is 2.11. The van der Waals surface area contributed by atoms with Crippen molar-refractivity contribution in [2.75, 3.05) is 5.32 Å². The molecule has 0 unspecified atom stereocenters. The number of H-pyrrole nitrogens is 1. The fraction of sp³-hybridized carbons (Fsp3) is 0.0667. The van der Waals surface area contributed by atoms with Gasteiger partial charge in [-0.2, -0.15) is 0 Å². The number of anilines is 1. The van der Waals surface area contributed by atoms with Crippen LogP contribution in [0, 0.1) is 0 Å². The van der Waals surface area contributed by atoms with Crippen molar-refractivity contribution in [3.8, 4) is 0 Å². The Morgan fingerprint density at radius 3 is 2.76 bits per heavy atom. The van der Waals surface area contributed by atoms with E-state index in [4.69, 9.17) is 5.11 Å². The lowest BCUT2D eigenvalue weighted by molar-refractivity contribution is -0.115. The Bertz CT molecular complexity index is 819. The maximum Gasteiger partial charge on any atom is 0.345 e. The first-order valence-corrected chi connectivity index (χ1v) is 7.13. The fourth-order valence-corrected chi connectivity index (χ4v) is 2.91. The number of carbonyl (C=O) groups excluding carboxylic acids is 1. The van der Waals surface area contributed by atoms with E-state index in [2.05, 4.69) is 10.3 Å². The highest BCUT2D eigenvalue weighted by Crippen LogP contribution is 2.23. The van der Waals surface area contributed by atoms with E-state index in [1.165, 1.54) is 6.07 Å². The van der Waals surface area contributed by atoms with Crippen LogP contribution in [0.25, 0.3) is 10.9 Å². The molecule has 0 saturated heterocycles. The van der Waals surface area contributed by atoms with Crippen LogP contribution in [-0.4, -0.2) is 22.0 Å². The number of carboxylic acids is 1. The molecular weight excluding hydrogens is 288 g/mol. The Balaban J connectivity index is 1.72. The number of aromatic carboxylic acids is 1. The minimum absolute atomic E-state index is 0.168. The van der Waals surface area contributed by atoms with Crippen LogP contribution in [0.15, 0.2) is 42.6 Å². The van der Waals surface area contributed by atoms with Gasteiger partial charge < -0.3 is 15.4 Å². The van der Waals surface area contributed by atoms with Gasteiger partial charge in [-0.25, -0.2) is 4.79 Å². The maximum absolute atomic E-state index is 12.0. The Kier molecular flexibility index (Phi) is 3.45. The molecule has 5 nitrogen and oxygen atoms in total. The third-order valence-electron chi connectivity index (χ3n) is 3.11. The van der Waals surface area contributed by atoms with Crippen LogP contribution in [0.3, 0.4) is 0 Å². The van der Waals surface area contributed by atoms with Crippen LogP contribution >= 0.6 is 11.3 Å². The number of aromatic amines is 1. The first-order valence-electron chi connectivity index (χ1n) is 6.31. The van der Waals surface area contributed by atoms with E-state index in [9.17, 15) is 9.59 Å². The van der Waals surface area contributed by atoms with Gasteiger partial charge in [0.1, 0.15) is 4.88 Å². The monoisotopic (exact) mass is 300 g/mol. The molecular formula is C15H12N2O3S. The second-order valence-corrected chi connectivity index (χ2v) is 5.64. The van der Waals surface area contributed by atoms with Crippen molar-refractivity contribution in [1.82, 2.24) is 4.98 Å². The number of carbonyl (C=O) groups is 2. The molecule has 0 bridgehead atoms. The SMILES string of the molecule is O=C(Cc1c[nH]c2ccccc12)Nc1ccc(C(=O)O)s1. The van der Waals surface area contributed by atoms with Gasteiger partial charge in [0, 0.05) is 17.1 Å². The molecule has 3 rings (SSSR count). The molecule has 0 aliphatic carbocycles. The molecule has 0 spiro atoms. The van der Waals surface area contributed by atoms with Gasteiger partial charge in [0.05, 0.1) is 11.4 Å². The van der Waals surface area contributed by atoms with Crippen LogP contribution in [-0.2, 0) is 11.2 Å². The highest BCUT2D eigenvalue weighted by atomic mass is 32.1. The molecule has 1 amide bonds. The number of nitrogens with one attached hydrogen (secondary N) is 2. The molecule has 0 atom stereocenters. The number of aromatic nitrogens is 1. The topological polar surface area (TPSA) is 82.2 Å². The summed E-state index contributed by atoms with van der Waals surface area (Å²) in [6, 6.07) is 10.9. The van der Waals surface area contributed by atoms with Crippen molar-refractivity contribution in [1.29, 1.82) is 0 Å². The van der Waals surface area contributed by atoms with Gasteiger partial charge in [-0.15, -0.1) is 11.3 Å². The molecule has 1 aromatic carbocycles. The number of para-hydroxylation sites is 1. The van der Waals surface area contributed by atoms with Crippen molar-refractivity contribution < 1.29 is 14.7 Å². The van der Waals surface area contributed by atoms with E-state index in [0.29, 0.717) is 5.00 Å². The van der Waals surface area contributed by atoms with Gasteiger partial charge >= 0.3 is 5.97 Å². The molecule has 3 N–H and O–H groups in total. The molecule has 21 heavy (non-hydrogen) atoms. The van der Waals surface area contributed by atoms with Crippen LogP contribution in [0.1, 0.15) is 15.2 Å². The molecule has 0 aliphatic heterocycles. The molecule has 6 heteroatoms. The first kappa shape index (κ1) is 13.4. The predicted molar refractivity (Wildman–Crippen MR) is 81.9 cm³/mol. The minimum Gasteiger partial charge on any atom is -0.477 e. The summed E-state index contributed by atoms with van der Waals surface area (Å²) in [4.78, 5) is 26.2. The third kappa shape index (κ3) is 2.80. The van der Waals surface area contributed by atoms with E-state index in [1.54, 1.807) is 6.07 Å². The third-order valence-corrected chi connectivity index (χ3v) is 4.09. The summed E-state index contributed by atoms with van der Waals surface area (Å²) in [5.74, 6) is -1.16. The summed E-state index contributed by atoms with van der Waals surface area (Å²) in [7, 11) is 0. The molecule has 3 aromatic rings. The van der Waals surface area contributed by atoms with E-state index in [-0.39, 0.29) is 17.2 Å². The molecule has 2 aromatic heterocycles. The largest absolute Gasteiger partial charge is 0.477 e. The summed E-state index contributed by atoms with van der Waals surface area (Å²) in [5.41, 5.74) is 1.91. The zero-order valence-corrected chi connectivity index (χ0v) is 11.7. The number of rotatable bonds is 4. The zero-order valence-electron chi connectivity index (χ0n) is 10.9. The maximum atomic E-state index is 12.0. The van der Waals surface area contributed by atoms with Crippen molar-refractivity contribution in [2.45, 2.75) is 6.42 Å². The van der Waals surface area contributed by atoms with Crippen molar-refractivity contribution in [3.05, 3.63) is 53.0 Å². The van der Waals surface area contributed by atoms with E-state index >= 15 is 0 Å². The lowest BCUT2D eigenvalue weighted by Gasteiger charge is -2.01. The summed E-state index contributed by atoms with van der Waals surface area (Å²) in [5, 5.41) is 13.1. The second-order valence-electron chi connectivity index (χ2n) is 4.55. The van der Waals surface area contributed by atoms with Gasteiger partial charge in [-0.3, -0.25) is 4.79 Å². The number of carboxylic acid groups (broad SMARTS) is 1. The number of hydrogen-bond donors (Lipinski definition) is 3. The smallest absolute Gasteiger partial charge is 0.345 e. The molecule has 0 aliphatic rings. The molecule has 0 radical (unpaired) electrons. The second kappa shape index (κ2) is 5.41. The lowest BCUT2D eigenvalue weighted by Crippen LogP contribution is -2.13. The van der Waals surface area contributed by atoms with Crippen LogP contribution in [0.4, 0.5) is 5.00 Å².